The van der Waals surface area contributed by atoms with E-state index >= 15 is 0 Å². The average molecular weight is 361 g/mol. The van der Waals surface area contributed by atoms with E-state index in [0.29, 0.717) is 30.8 Å². The number of carbonyl (C=O) groups excluding carboxylic acids is 1. The molecule has 1 amide bonds. The number of aromatic nitrogens is 1. The predicted octanol–water partition coefficient (Wildman–Crippen LogP) is 2.99. The number of halogens is 2. The first-order valence-corrected chi connectivity index (χ1v) is 9.00. The molecule has 4 rings (SSSR count). The second kappa shape index (κ2) is 6.79. The van der Waals surface area contributed by atoms with Gasteiger partial charge in [0.05, 0.1) is 6.04 Å². The molecule has 0 N–H and O–H groups in total. The fourth-order valence-electron chi connectivity index (χ4n) is 3.79. The molecule has 138 valence electrons. The summed E-state index contributed by atoms with van der Waals surface area (Å²) in [4.78, 5) is 16.7. The number of rotatable bonds is 3. The molecule has 5 nitrogen and oxygen atoms in total. The van der Waals surface area contributed by atoms with Gasteiger partial charge >= 0.3 is 0 Å². The lowest BCUT2D eigenvalue weighted by atomic mass is 10.00. The lowest BCUT2D eigenvalue weighted by molar-refractivity contribution is -0.135. The molecule has 1 aromatic heterocycles. The minimum absolute atomic E-state index is 0.150. The summed E-state index contributed by atoms with van der Waals surface area (Å²) in [5.74, 6) is -0.902. The van der Waals surface area contributed by atoms with Gasteiger partial charge in [-0.2, -0.15) is 0 Å². The maximum atomic E-state index is 13.6. The Morgan fingerprint density at radius 2 is 1.96 bits per heavy atom. The third-order valence-electron chi connectivity index (χ3n) is 5.37. The fourth-order valence-corrected chi connectivity index (χ4v) is 3.79. The fraction of sp³-hybridized carbons (Fsp3) is 0.474. The van der Waals surface area contributed by atoms with Gasteiger partial charge in [0.25, 0.3) is 0 Å². The number of hydrogen-bond donors (Lipinski definition) is 0. The summed E-state index contributed by atoms with van der Waals surface area (Å²) in [7, 11) is 0. The summed E-state index contributed by atoms with van der Waals surface area (Å²) in [5.41, 5.74) is 1.85. The minimum atomic E-state index is -0.913. The van der Waals surface area contributed by atoms with E-state index < -0.39 is 11.6 Å². The van der Waals surface area contributed by atoms with E-state index in [4.69, 9.17) is 4.52 Å². The van der Waals surface area contributed by atoms with E-state index in [0.717, 1.165) is 49.4 Å². The van der Waals surface area contributed by atoms with Gasteiger partial charge in [0, 0.05) is 43.7 Å². The number of benzene rings is 1. The quantitative estimate of drug-likeness (QED) is 0.843. The van der Waals surface area contributed by atoms with Gasteiger partial charge in [-0.15, -0.1) is 0 Å². The molecular weight excluding hydrogens is 340 g/mol. The van der Waals surface area contributed by atoms with Crippen LogP contribution < -0.4 is 0 Å². The number of amides is 1. The van der Waals surface area contributed by atoms with Crippen LogP contribution in [-0.4, -0.2) is 46.5 Å². The van der Waals surface area contributed by atoms with Crippen molar-refractivity contribution < 1.29 is 18.1 Å². The van der Waals surface area contributed by atoms with E-state index in [1.54, 1.807) is 0 Å². The van der Waals surface area contributed by atoms with Crippen LogP contribution in [0.5, 0.6) is 0 Å². The van der Waals surface area contributed by atoms with Crippen molar-refractivity contribution in [3.8, 4) is 11.3 Å². The molecule has 1 fully saturated rings. The standard InChI is InChI=1S/C19H21F2N3O2/c1-12(19(25)23-7-2-3-8-23)24-9-6-17-14(11-24)18(22-26-17)13-4-5-15(20)16(21)10-13/h4-5,10,12H,2-3,6-9,11H2,1H3/t12-/m1/s1. The van der Waals surface area contributed by atoms with Crippen molar-refractivity contribution in [3.63, 3.8) is 0 Å². The molecule has 1 aromatic carbocycles. The van der Waals surface area contributed by atoms with Crippen LogP contribution in [-0.2, 0) is 17.8 Å². The number of likely N-dealkylation sites (tertiary alicyclic amines) is 1. The molecule has 0 unspecified atom stereocenters. The molecule has 2 aliphatic heterocycles. The molecule has 2 aliphatic rings. The summed E-state index contributed by atoms with van der Waals surface area (Å²) in [5, 5.41) is 4.07. The SMILES string of the molecule is C[C@H](C(=O)N1CCCC1)N1CCc2onc(-c3ccc(F)c(F)c3)c2C1. The largest absolute Gasteiger partial charge is 0.360 e. The second-order valence-electron chi connectivity index (χ2n) is 6.99. The highest BCUT2D eigenvalue weighted by Gasteiger charge is 2.32. The van der Waals surface area contributed by atoms with Gasteiger partial charge in [0.1, 0.15) is 11.5 Å². The summed E-state index contributed by atoms with van der Waals surface area (Å²) in [6, 6.07) is 3.49. The first kappa shape index (κ1) is 17.1. The number of nitrogens with zero attached hydrogens (tertiary/aromatic N) is 3. The molecule has 0 saturated carbocycles. The van der Waals surface area contributed by atoms with Crippen LogP contribution in [0, 0.1) is 11.6 Å². The van der Waals surface area contributed by atoms with Crippen LogP contribution >= 0.6 is 0 Å². The Kier molecular flexibility index (Phi) is 4.48. The molecule has 0 bridgehead atoms. The van der Waals surface area contributed by atoms with Gasteiger partial charge in [-0.25, -0.2) is 8.78 Å². The van der Waals surface area contributed by atoms with Crippen LogP contribution in [0.25, 0.3) is 11.3 Å². The lowest BCUT2D eigenvalue weighted by Crippen LogP contribution is -2.47. The van der Waals surface area contributed by atoms with E-state index in [1.165, 1.54) is 6.07 Å². The van der Waals surface area contributed by atoms with Crippen molar-refractivity contribution >= 4 is 5.91 Å². The van der Waals surface area contributed by atoms with E-state index in [9.17, 15) is 13.6 Å². The Morgan fingerprint density at radius 3 is 2.69 bits per heavy atom. The molecule has 0 radical (unpaired) electrons. The van der Waals surface area contributed by atoms with Crippen molar-refractivity contribution in [2.24, 2.45) is 0 Å². The first-order valence-electron chi connectivity index (χ1n) is 9.00. The van der Waals surface area contributed by atoms with Crippen molar-refractivity contribution in [2.75, 3.05) is 19.6 Å². The third kappa shape index (κ3) is 3.00. The predicted molar refractivity (Wildman–Crippen MR) is 91.2 cm³/mol. The molecule has 0 aliphatic carbocycles. The Morgan fingerprint density at radius 1 is 1.19 bits per heavy atom. The topological polar surface area (TPSA) is 49.6 Å². The van der Waals surface area contributed by atoms with Crippen molar-refractivity contribution in [1.82, 2.24) is 15.0 Å². The lowest BCUT2D eigenvalue weighted by Gasteiger charge is -2.33. The summed E-state index contributed by atoms with van der Waals surface area (Å²) < 4.78 is 32.2. The molecule has 3 heterocycles. The van der Waals surface area contributed by atoms with Crippen molar-refractivity contribution in [1.29, 1.82) is 0 Å². The van der Waals surface area contributed by atoms with Gasteiger partial charge in [-0.1, -0.05) is 5.16 Å². The maximum Gasteiger partial charge on any atom is 0.239 e. The highest BCUT2D eigenvalue weighted by atomic mass is 19.2. The van der Waals surface area contributed by atoms with E-state index in [-0.39, 0.29) is 11.9 Å². The number of fused-ring (bicyclic) bond motifs is 1. The number of hydrogen-bond acceptors (Lipinski definition) is 4. The Bertz CT molecular complexity index is 830. The van der Waals surface area contributed by atoms with Gasteiger partial charge in [0.15, 0.2) is 11.6 Å². The molecule has 0 spiro atoms. The second-order valence-corrected chi connectivity index (χ2v) is 6.99. The molecule has 26 heavy (non-hydrogen) atoms. The smallest absolute Gasteiger partial charge is 0.239 e. The summed E-state index contributed by atoms with van der Waals surface area (Å²) in [6.07, 6.45) is 2.77. The van der Waals surface area contributed by atoms with Crippen LogP contribution in [0.15, 0.2) is 22.7 Å². The van der Waals surface area contributed by atoms with Crippen LogP contribution in [0.2, 0.25) is 0 Å². The first-order chi connectivity index (χ1) is 12.5. The zero-order valence-electron chi connectivity index (χ0n) is 14.7. The van der Waals surface area contributed by atoms with Gasteiger partial charge in [-0.05, 0) is 38.0 Å². The highest BCUT2D eigenvalue weighted by molar-refractivity contribution is 5.81. The normalized spacial score (nSPS) is 18.8. The maximum absolute atomic E-state index is 13.6. The van der Waals surface area contributed by atoms with E-state index in [1.807, 2.05) is 11.8 Å². The van der Waals surface area contributed by atoms with Crippen LogP contribution in [0.3, 0.4) is 0 Å². The average Bonchev–Trinajstić information content (AvgIpc) is 3.32. The van der Waals surface area contributed by atoms with Crippen molar-refractivity contribution in [3.05, 3.63) is 41.2 Å². The molecule has 7 heteroatoms. The highest BCUT2D eigenvalue weighted by Crippen LogP contribution is 2.31. The molecule has 2 aromatic rings. The van der Waals surface area contributed by atoms with Gasteiger partial charge < -0.3 is 9.42 Å². The summed E-state index contributed by atoms with van der Waals surface area (Å²) in [6.45, 7) is 4.80. The third-order valence-corrected chi connectivity index (χ3v) is 5.37. The van der Waals surface area contributed by atoms with E-state index in [2.05, 4.69) is 10.1 Å². The van der Waals surface area contributed by atoms with Gasteiger partial charge in [0.2, 0.25) is 5.91 Å². The van der Waals surface area contributed by atoms with Crippen LogP contribution in [0.1, 0.15) is 31.1 Å². The molecular formula is C19H21F2N3O2. The molecule has 1 atom stereocenters. The Labute approximate surface area is 150 Å². The number of carbonyl (C=O) groups is 1. The summed E-state index contributed by atoms with van der Waals surface area (Å²) >= 11 is 0. The van der Waals surface area contributed by atoms with Gasteiger partial charge in [-0.3, -0.25) is 9.69 Å². The van der Waals surface area contributed by atoms with Crippen LogP contribution in [0.4, 0.5) is 8.78 Å². The monoisotopic (exact) mass is 361 g/mol. The Balaban J connectivity index is 1.57. The van der Waals surface area contributed by atoms with Crippen molar-refractivity contribution in [2.45, 2.75) is 38.8 Å². The Hall–Kier alpha value is -2.28. The zero-order chi connectivity index (χ0) is 18.3. The minimum Gasteiger partial charge on any atom is -0.360 e. The zero-order valence-corrected chi connectivity index (χ0v) is 14.7. The molecule has 1 saturated heterocycles.